The number of nitrogens with zero attached hydrogens (tertiary/aromatic N) is 1. The average Bonchev–Trinajstić information content (AvgIpc) is 2.43. The molecular weight excluding hydrogens is 276 g/mol. The number of hydrogen-bond acceptors (Lipinski definition) is 4. The summed E-state index contributed by atoms with van der Waals surface area (Å²) in [5, 5.41) is 8.09. The molecule has 0 aromatic heterocycles. The van der Waals surface area contributed by atoms with Gasteiger partial charge in [-0.3, -0.25) is 0 Å². The minimum atomic E-state index is -3.39. The zero-order chi connectivity index (χ0) is 15.0. The summed E-state index contributed by atoms with van der Waals surface area (Å²) in [7, 11) is -1.37. The van der Waals surface area contributed by atoms with Crippen LogP contribution in [0.3, 0.4) is 0 Å². The quantitative estimate of drug-likeness (QED) is 0.662. The van der Waals surface area contributed by atoms with Crippen molar-refractivity contribution in [2.45, 2.75) is 25.1 Å². The average molecular weight is 300 g/mol. The molecule has 0 saturated carbocycles. The van der Waals surface area contributed by atoms with Crippen LogP contribution in [0.4, 0.5) is 0 Å². The fourth-order valence-corrected chi connectivity index (χ4v) is 2.69. The number of nitrogens with one attached hydrogen (secondary N) is 1. The van der Waals surface area contributed by atoms with Crippen LogP contribution in [-0.4, -0.2) is 50.4 Å². The van der Waals surface area contributed by atoms with Gasteiger partial charge in [-0.1, -0.05) is 30.3 Å². The Morgan fingerprint density at radius 2 is 1.95 bits per heavy atom. The fraction of sp³-hybridized carbons (Fsp3) is 0.571. The number of aliphatic hydroxyl groups is 1. The van der Waals surface area contributed by atoms with Gasteiger partial charge in [0, 0.05) is 13.1 Å². The molecule has 1 aromatic carbocycles. The van der Waals surface area contributed by atoms with E-state index in [1.165, 1.54) is 12.5 Å². The maximum atomic E-state index is 11.6. The third-order valence-corrected chi connectivity index (χ3v) is 4.92. The SMILES string of the molecule is CC(CO)S(=O)(=O)NCCCN(C)Cc1ccccc1. The fourth-order valence-electron chi connectivity index (χ4n) is 1.78. The van der Waals surface area contributed by atoms with E-state index >= 15 is 0 Å². The van der Waals surface area contributed by atoms with E-state index in [4.69, 9.17) is 5.11 Å². The Morgan fingerprint density at radius 3 is 2.55 bits per heavy atom. The Hall–Kier alpha value is -0.950. The van der Waals surface area contributed by atoms with Crippen LogP contribution in [-0.2, 0) is 16.6 Å². The molecule has 1 unspecified atom stereocenters. The first kappa shape index (κ1) is 17.1. The van der Waals surface area contributed by atoms with Crippen LogP contribution in [0.25, 0.3) is 0 Å². The number of sulfonamides is 1. The summed E-state index contributed by atoms with van der Waals surface area (Å²) in [6, 6.07) is 10.1. The zero-order valence-electron chi connectivity index (χ0n) is 12.1. The van der Waals surface area contributed by atoms with Crippen LogP contribution in [0, 0.1) is 0 Å². The highest BCUT2D eigenvalue weighted by Crippen LogP contribution is 2.03. The summed E-state index contributed by atoms with van der Waals surface area (Å²) in [5.41, 5.74) is 1.24. The maximum Gasteiger partial charge on any atom is 0.216 e. The zero-order valence-corrected chi connectivity index (χ0v) is 12.9. The van der Waals surface area contributed by atoms with Gasteiger partial charge in [0.15, 0.2) is 0 Å². The van der Waals surface area contributed by atoms with Gasteiger partial charge in [0.2, 0.25) is 10.0 Å². The Balaban J connectivity index is 2.24. The van der Waals surface area contributed by atoms with E-state index in [0.717, 1.165) is 19.5 Å². The third-order valence-electron chi connectivity index (χ3n) is 3.10. The number of benzene rings is 1. The first-order chi connectivity index (χ1) is 9.45. The van der Waals surface area contributed by atoms with Crippen LogP contribution in [0.15, 0.2) is 30.3 Å². The van der Waals surface area contributed by atoms with E-state index in [9.17, 15) is 8.42 Å². The lowest BCUT2D eigenvalue weighted by Crippen LogP contribution is -2.36. The molecule has 0 aliphatic carbocycles. The summed E-state index contributed by atoms with van der Waals surface area (Å²) in [6.45, 7) is 3.18. The van der Waals surface area contributed by atoms with Gasteiger partial charge in [0.25, 0.3) is 0 Å². The van der Waals surface area contributed by atoms with Gasteiger partial charge in [-0.15, -0.1) is 0 Å². The Bertz CT molecular complexity index is 476. The molecule has 0 aliphatic heterocycles. The van der Waals surface area contributed by atoms with Gasteiger partial charge >= 0.3 is 0 Å². The van der Waals surface area contributed by atoms with Gasteiger partial charge in [0.05, 0.1) is 11.9 Å². The van der Waals surface area contributed by atoms with Crippen LogP contribution in [0.1, 0.15) is 18.9 Å². The van der Waals surface area contributed by atoms with Crippen molar-refractivity contribution in [1.29, 1.82) is 0 Å². The lowest BCUT2D eigenvalue weighted by molar-refractivity contribution is 0.294. The van der Waals surface area contributed by atoms with Crippen molar-refractivity contribution in [2.75, 3.05) is 26.7 Å². The molecule has 0 amide bonds. The molecule has 0 heterocycles. The largest absolute Gasteiger partial charge is 0.395 e. The highest BCUT2D eigenvalue weighted by Gasteiger charge is 2.18. The minimum Gasteiger partial charge on any atom is -0.395 e. The van der Waals surface area contributed by atoms with E-state index in [0.29, 0.717) is 6.54 Å². The van der Waals surface area contributed by atoms with Crippen molar-refractivity contribution in [3.63, 3.8) is 0 Å². The van der Waals surface area contributed by atoms with Gasteiger partial charge < -0.3 is 10.0 Å². The highest BCUT2D eigenvalue weighted by molar-refractivity contribution is 7.90. The van der Waals surface area contributed by atoms with Crippen LogP contribution in [0.5, 0.6) is 0 Å². The van der Waals surface area contributed by atoms with Crippen molar-refractivity contribution in [1.82, 2.24) is 9.62 Å². The van der Waals surface area contributed by atoms with Gasteiger partial charge in [-0.2, -0.15) is 0 Å². The van der Waals surface area contributed by atoms with Crippen LogP contribution < -0.4 is 4.72 Å². The third kappa shape index (κ3) is 6.00. The van der Waals surface area contributed by atoms with Crippen molar-refractivity contribution in [3.8, 4) is 0 Å². The summed E-state index contributed by atoms with van der Waals surface area (Å²) in [5.74, 6) is 0. The van der Waals surface area contributed by atoms with E-state index in [-0.39, 0.29) is 6.61 Å². The molecule has 6 heteroatoms. The second-order valence-electron chi connectivity index (χ2n) is 5.01. The Labute approximate surface area is 121 Å². The van der Waals surface area contributed by atoms with E-state index in [1.54, 1.807) is 0 Å². The molecule has 5 nitrogen and oxygen atoms in total. The highest BCUT2D eigenvalue weighted by atomic mass is 32.2. The molecule has 1 rings (SSSR count). The molecule has 0 fully saturated rings. The van der Waals surface area contributed by atoms with Crippen molar-refractivity contribution < 1.29 is 13.5 Å². The Morgan fingerprint density at radius 1 is 1.30 bits per heavy atom. The molecule has 1 aromatic rings. The summed E-state index contributed by atoms with van der Waals surface area (Å²) < 4.78 is 25.7. The molecule has 20 heavy (non-hydrogen) atoms. The standard InChI is InChI=1S/C14H24N2O3S/c1-13(12-17)20(18,19)15-9-6-10-16(2)11-14-7-4-3-5-8-14/h3-5,7-8,13,15,17H,6,9-12H2,1-2H3. The first-order valence-corrected chi connectivity index (χ1v) is 8.32. The second-order valence-corrected chi connectivity index (χ2v) is 7.19. The number of hydrogen-bond donors (Lipinski definition) is 2. The van der Waals surface area contributed by atoms with E-state index in [1.807, 2.05) is 25.2 Å². The van der Waals surface area contributed by atoms with E-state index < -0.39 is 15.3 Å². The molecular formula is C14H24N2O3S. The predicted octanol–water partition coefficient (Wildman–Crippen LogP) is 0.809. The molecule has 114 valence electrons. The molecule has 0 radical (unpaired) electrons. The number of rotatable bonds is 9. The lowest BCUT2D eigenvalue weighted by Gasteiger charge is -2.17. The second kappa shape index (κ2) is 8.36. The first-order valence-electron chi connectivity index (χ1n) is 6.77. The van der Waals surface area contributed by atoms with Crippen LogP contribution >= 0.6 is 0 Å². The topological polar surface area (TPSA) is 69.6 Å². The van der Waals surface area contributed by atoms with Crippen molar-refractivity contribution >= 4 is 10.0 Å². The predicted molar refractivity (Wildman–Crippen MR) is 80.9 cm³/mol. The molecule has 0 bridgehead atoms. The van der Waals surface area contributed by atoms with Crippen molar-refractivity contribution in [2.24, 2.45) is 0 Å². The summed E-state index contributed by atoms with van der Waals surface area (Å²) in [6.07, 6.45) is 0.737. The van der Waals surface area contributed by atoms with Gasteiger partial charge in [-0.05, 0) is 32.5 Å². The molecule has 1 atom stereocenters. The van der Waals surface area contributed by atoms with Crippen molar-refractivity contribution in [3.05, 3.63) is 35.9 Å². The smallest absolute Gasteiger partial charge is 0.216 e. The van der Waals surface area contributed by atoms with Gasteiger partial charge in [0.1, 0.15) is 0 Å². The number of aliphatic hydroxyl groups excluding tert-OH is 1. The minimum absolute atomic E-state index is 0.358. The Kier molecular flexibility index (Phi) is 7.15. The van der Waals surface area contributed by atoms with Gasteiger partial charge in [-0.25, -0.2) is 13.1 Å². The molecule has 0 spiro atoms. The normalized spacial score (nSPS) is 13.6. The molecule has 2 N–H and O–H groups in total. The van der Waals surface area contributed by atoms with Crippen LogP contribution in [0.2, 0.25) is 0 Å². The monoisotopic (exact) mass is 300 g/mol. The lowest BCUT2D eigenvalue weighted by atomic mass is 10.2. The summed E-state index contributed by atoms with van der Waals surface area (Å²) in [4.78, 5) is 2.15. The van der Waals surface area contributed by atoms with E-state index in [2.05, 4.69) is 21.8 Å². The summed E-state index contributed by atoms with van der Waals surface area (Å²) >= 11 is 0. The molecule has 0 saturated heterocycles. The molecule has 0 aliphatic rings. The maximum absolute atomic E-state index is 11.6.